The van der Waals surface area contributed by atoms with Gasteiger partial charge in [0, 0.05) is 24.3 Å². The Kier molecular flexibility index (Phi) is 5.97. The zero-order valence-electron chi connectivity index (χ0n) is 18.6. The van der Waals surface area contributed by atoms with Crippen molar-refractivity contribution >= 4 is 10.9 Å². The van der Waals surface area contributed by atoms with E-state index in [0.717, 1.165) is 45.2 Å². The Balaban J connectivity index is 1.61. The van der Waals surface area contributed by atoms with E-state index in [0.29, 0.717) is 36.7 Å². The average Bonchev–Trinajstić information content (AvgIpc) is 2.86. The van der Waals surface area contributed by atoms with E-state index >= 15 is 0 Å². The number of ether oxygens (including phenoxy) is 2. The summed E-state index contributed by atoms with van der Waals surface area (Å²) in [7, 11) is 0. The minimum atomic E-state index is -0.234. The molecule has 33 heavy (non-hydrogen) atoms. The van der Waals surface area contributed by atoms with Crippen LogP contribution in [0.4, 0.5) is 4.39 Å². The zero-order valence-corrected chi connectivity index (χ0v) is 18.6. The van der Waals surface area contributed by atoms with Crippen molar-refractivity contribution in [3.8, 4) is 16.9 Å². The third-order valence-electron chi connectivity index (χ3n) is 6.38. The molecular weight excluding hydrogens is 417 g/mol. The highest BCUT2D eigenvalue weighted by Crippen LogP contribution is 2.39. The molecule has 5 heteroatoms. The number of aromatic nitrogens is 1. The Labute approximate surface area is 192 Å². The molecule has 0 bridgehead atoms. The fraction of sp³-hybridized carbons (Fsp3) is 0.250. The monoisotopic (exact) mass is 443 g/mol. The molecule has 0 aliphatic carbocycles. The Morgan fingerprint density at radius 1 is 1.03 bits per heavy atom. The Morgan fingerprint density at radius 3 is 2.58 bits per heavy atom. The highest BCUT2D eigenvalue weighted by molar-refractivity contribution is 5.95. The standard InChI is InChI=1S/C28H26FNO3/c1-19-15-22(7-10-26(19)29)28-24-9-8-23(33-18-20-5-3-2-4-6-20)16-27(24)30(31)17-25(28)21-11-13-32-14-12-21/h2-10,15-17,21H,11-14,18H2,1H3. The van der Waals surface area contributed by atoms with E-state index in [-0.39, 0.29) is 11.7 Å². The summed E-state index contributed by atoms with van der Waals surface area (Å²) in [4.78, 5) is 0. The minimum absolute atomic E-state index is 0.220. The molecule has 0 saturated carbocycles. The van der Waals surface area contributed by atoms with Crippen molar-refractivity contribution in [2.24, 2.45) is 0 Å². The van der Waals surface area contributed by atoms with Gasteiger partial charge in [-0.25, -0.2) is 4.39 Å². The van der Waals surface area contributed by atoms with Crippen LogP contribution in [0.25, 0.3) is 22.0 Å². The molecule has 3 aromatic carbocycles. The normalized spacial score (nSPS) is 14.5. The van der Waals surface area contributed by atoms with Gasteiger partial charge in [0.05, 0.1) is 11.5 Å². The summed E-state index contributed by atoms with van der Waals surface area (Å²) >= 11 is 0. The van der Waals surface area contributed by atoms with Crippen LogP contribution < -0.4 is 9.47 Å². The van der Waals surface area contributed by atoms with Gasteiger partial charge in [0.25, 0.3) is 0 Å². The van der Waals surface area contributed by atoms with Crippen molar-refractivity contribution < 1.29 is 18.6 Å². The van der Waals surface area contributed by atoms with Crippen LogP contribution in [0.2, 0.25) is 0 Å². The second kappa shape index (κ2) is 9.20. The van der Waals surface area contributed by atoms with E-state index < -0.39 is 0 Å². The number of hydrogen-bond donors (Lipinski definition) is 0. The molecular formula is C28H26FNO3. The number of hydrogen-bond acceptors (Lipinski definition) is 3. The molecule has 1 aromatic heterocycles. The molecule has 4 nitrogen and oxygen atoms in total. The summed E-state index contributed by atoms with van der Waals surface area (Å²) in [5.41, 5.74) is 5.07. The van der Waals surface area contributed by atoms with Gasteiger partial charge in [-0.2, -0.15) is 4.73 Å². The van der Waals surface area contributed by atoms with Gasteiger partial charge < -0.3 is 14.7 Å². The highest BCUT2D eigenvalue weighted by Gasteiger charge is 2.26. The Bertz CT molecular complexity index is 1280. The van der Waals surface area contributed by atoms with Gasteiger partial charge in [-0.1, -0.05) is 36.4 Å². The molecule has 2 heterocycles. The van der Waals surface area contributed by atoms with Gasteiger partial charge in [-0.05, 0) is 66.6 Å². The molecule has 0 unspecified atom stereocenters. The lowest BCUT2D eigenvalue weighted by Crippen LogP contribution is -2.29. The second-order valence-corrected chi connectivity index (χ2v) is 8.59. The first-order chi connectivity index (χ1) is 16.1. The number of halogens is 1. The molecule has 1 fully saturated rings. The average molecular weight is 444 g/mol. The van der Waals surface area contributed by atoms with Gasteiger partial charge in [0.15, 0.2) is 6.20 Å². The molecule has 0 atom stereocenters. The lowest BCUT2D eigenvalue weighted by molar-refractivity contribution is -0.577. The smallest absolute Gasteiger partial charge is 0.228 e. The van der Waals surface area contributed by atoms with Crippen molar-refractivity contribution in [1.29, 1.82) is 0 Å². The molecule has 1 saturated heterocycles. The van der Waals surface area contributed by atoms with Crippen LogP contribution in [0.3, 0.4) is 0 Å². The van der Waals surface area contributed by atoms with Crippen LogP contribution in [-0.2, 0) is 11.3 Å². The molecule has 0 radical (unpaired) electrons. The van der Waals surface area contributed by atoms with Gasteiger partial charge in [-0.3, -0.25) is 0 Å². The first-order valence-corrected chi connectivity index (χ1v) is 11.3. The molecule has 1 aliphatic rings. The van der Waals surface area contributed by atoms with E-state index in [4.69, 9.17) is 9.47 Å². The molecule has 0 amide bonds. The summed E-state index contributed by atoms with van der Waals surface area (Å²) < 4.78 is 26.5. The fourth-order valence-corrected chi connectivity index (χ4v) is 4.59. The summed E-state index contributed by atoms with van der Waals surface area (Å²) in [5, 5.41) is 14.0. The number of rotatable bonds is 5. The fourth-order valence-electron chi connectivity index (χ4n) is 4.59. The summed E-state index contributed by atoms with van der Waals surface area (Å²) in [6, 6.07) is 20.7. The third kappa shape index (κ3) is 4.41. The van der Waals surface area contributed by atoms with Gasteiger partial charge in [0.1, 0.15) is 18.2 Å². The summed E-state index contributed by atoms with van der Waals surface area (Å²) in [6.07, 6.45) is 3.40. The molecule has 0 spiro atoms. The van der Waals surface area contributed by atoms with E-state index in [1.165, 1.54) is 6.07 Å². The van der Waals surface area contributed by atoms with Crippen molar-refractivity contribution in [3.63, 3.8) is 0 Å². The number of fused-ring (bicyclic) bond motifs is 1. The van der Waals surface area contributed by atoms with Crippen LogP contribution in [-0.4, -0.2) is 13.2 Å². The largest absolute Gasteiger partial charge is 0.618 e. The van der Waals surface area contributed by atoms with Crippen molar-refractivity contribution in [3.05, 3.63) is 101 Å². The van der Waals surface area contributed by atoms with E-state index in [1.807, 2.05) is 48.5 Å². The molecule has 168 valence electrons. The van der Waals surface area contributed by atoms with Crippen LogP contribution in [0.1, 0.15) is 35.4 Å². The Hall–Kier alpha value is -3.44. The van der Waals surface area contributed by atoms with Crippen molar-refractivity contribution in [2.45, 2.75) is 32.3 Å². The maximum absolute atomic E-state index is 14.0. The van der Waals surface area contributed by atoms with E-state index in [2.05, 4.69) is 0 Å². The number of benzene rings is 3. The maximum Gasteiger partial charge on any atom is 0.228 e. The van der Waals surface area contributed by atoms with Crippen LogP contribution >= 0.6 is 0 Å². The second-order valence-electron chi connectivity index (χ2n) is 8.59. The zero-order chi connectivity index (χ0) is 22.8. The first kappa shape index (κ1) is 21.4. The van der Waals surface area contributed by atoms with E-state index in [9.17, 15) is 9.60 Å². The van der Waals surface area contributed by atoms with Gasteiger partial charge >= 0.3 is 0 Å². The van der Waals surface area contributed by atoms with Gasteiger partial charge in [-0.15, -0.1) is 0 Å². The minimum Gasteiger partial charge on any atom is -0.618 e. The number of nitrogens with zero attached hydrogens (tertiary/aromatic N) is 1. The van der Waals surface area contributed by atoms with E-state index in [1.54, 1.807) is 25.3 Å². The maximum atomic E-state index is 14.0. The molecule has 0 N–H and O–H groups in total. The van der Waals surface area contributed by atoms with Gasteiger partial charge in [0.2, 0.25) is 5.52 Å². The molecule has 4 aromatic rings. The quantitative estimate of drug-likeness (QED) is 0.278. The lowest BCUT2D eigenvalue weighted by atomic mass is 9.85. The lowest BCUT2D eigenvalue weighted by Gasteiger charge is -2.25. The predicted octanol–water partition coefficient (Wildman–Crippen LogP) is 6.06. The molecule has 1 aliphatic heterocycles. The van der Waals surface area contributed by atoms with Crippen molar-refractivity contribution in [2.75, 3.05) is 13.2 Å². The van der Waals surface area contributed by atoms with Crippen molar-refractivity contribution in [1.82, 2.24) is 0 Å². The Morgan fingerprint density at radius 2 is 1.82 bits per heavy atom. The predicted molar refractivity (Wildman–Crippen MR) is 127 cm³/mol. The molecule has 5 rings (SSSR count). The first-order valence-electron chi connectivity index (χ1n) is 11.3. The third-order valence-corrected chi connectivity index (χ3v) is 6.38. The van der Waals surface area contributed by atoms with Crippen LogP contribution in [0.15, 0.2) is 72.9 Å². The topological polar surface area (TPSA) is 45.4 Å². The van der Waals surface area contributed by atoms with Crippen LogP contribution in [0.5, 0.6) is 5.75 Å². The SMILES string of the molecule is Cc1cc(-c2c(C3CCOCC3)c[n+]([O-])c3cc(OCc4ccccc4)ccc23)ccc1F. The highest BCUT2D eigenvalue weighted by atomic mass is 19.1. The van der Waals surface area contributed by atoms with Crippen LogP contribution in [0, 0.1) is 17.9 Å². The summed E-state index contributed by atoms with van der Waals surface area (Å²) in [6.45, 7) is 3.54. The summed E-state index contributed by atoms with van der Waals surface area (Å²) in [5.74, 6) is 0.621. The number of aryl methyl sites for hydroxylation is 1. The number of pyridine rings is 1.